The summed E-state index contributed by atoms with van der Waals surface area (Å²) >= 11 is 0. The van der Waals surface area contributed by atoms with E-state index in [1.54, 1.807) is 31.2 Å². The average molecular weight is 419 g/mol. The number of amides is 4. The Morgan fingerprint density at radius 3 is 2.30 bits per heavy atom. The van der Waals surface area contributed by atoms with Crippen LogP contribution in [0.5, 0.6) is 5.75 Å². The van der Waals surface area contributed by atoms with Gasteiger partial charge in [-0.05, 0) is 36.5 Å². The zero-order valence-electron chi connectivity index (χ0n) is 18.0. The van der Waals surface area contributed by atoms with Crippen molar-refractivity contribution < 1.29 is 28.7 Å². The zero-order valence-corrected chi connectivity index (χ0v) is 18.0. The van der Waals surface area contributed by atoms with Crippen molar-refractivity contribution in [1.82, 2.24) is 15.5 Å². The number of nitrogens with zero attached hydrogens (tertiary/aromatic N) is 1. The van der Waals surface area contributed by atoms with Crippen molar-refractivity contribution in [2.45, 2.75) is 45.2 Å². The van der Waals surface area contributed by atoms with Crippen molar-refractivity contribution >= 4 is 23.8 Å². The molecule has 0 aromatic heterocycles. The van der Waals surface area contributed by atoms with E-state index in [0.717, 1.165) is 4.90 Å². The molecule has 1 fully saturated rings. The van der Waals surface area contributed by atoms with Gasteiger partial charge in [-0.15, -0.1) is 0 Å². The van der Waals surface area contributed by atoms with E-state index in [1.807, 2.05) is 13.8 Å². The van der Waals surface area contributed by atoms with Crippen LogP contribution in [-0.2, 0) is 24.7 Å². The Bertz CT molecular complexity index is 807. The number of rotatable bonds is 9. The fourth-order valence-electron chi connectivity index (χ4n) is 3.50. The minimum absolute atomic E-state index is 0.133. The maximum Gasteiger partial charge on any atom is 0.328 e. The summed E-state index contributed by atoms with van der Waals surface area (Å²) in [6.45, 7) is 5.10. The second-order valence-corrected chi connectivity index (χ2v) is 7.58. The molecule has 164 valence electrons. The number of hydrogen-bond donors (Lipinski definition) is 2. The summed E-state index contributed by atoms with van der Waals surface area (Å²) in [6.07, 6.45) is 0.684. The van der Waals surface area contributed by atoms with Gasteiger partial charge < -0.3 is 20.1 Å². The highest BCUT2D eigenvalue weighted by atomic mass is 16.5. The summed E-state index contributed by atoms with van der Waals surface area (Å²) < 4.78 is 9.87. The number of hydrogen-bond acceptors (Lipinski definition) is 6. The van der Waals surface area contributed by atoms with E-state index < -0.39 is 41.9 Å². The summed E-state index contributed by atoms with van der Waals surface area (Å²) in [5.41, 5.74) is -0.664. The Balaban J connectivity index is 2.18. The second-order valence-electron chi connectivity index (χ2n) is 7.58. The van der Waals surface area contributed by atoms with Gasteiger partial charge in [-0.2, -0.15) is 0 Å². The normalized spacial score (nSPS) is 19.5. The molecule has 1 aromatic rings. The number of carbonyl (C=O) groups excluding carboxylic acids is 4. The lowest BCUT2D eigenvalue weighted by Crippen LogP contribution is -2.48. The van der Waals surface area contributed by atoms with E-state index in [2.05, 4.69) is 10.6 Å². The van der Waals surface area contributed by atoms with Gasteiger partial charge in [-0.1, -0.05) is 32.9 Å². The number of methoxy groups -OCH3 is 2. The Labute approximate surface area is 176 Å². The minimum Gasteiger partial charge on any atom is -0.497 e. The highest BCUT2D eigenvalue weighted by Crippen LogP contribution is 2.33. The van der Waals surface area contributed by atoms with Crippen molar-refractivity contribution in [2.75, 3.05) is 20.8 Å². The lowest BCUT2D eigenvalue weighted by molar-refractivity contribution is -0.145. The average Bonchev–Trinajstić information content (AvgIpc) is 2.97. The predicted molar refractivity (Wildman–Crippen MR) is 109 cm³/mol. The molecule has 0 bridgehead atoms. The van der Waals surface area contributed by atoms with Crippen molar-refractivity contribution in [3.8, 4) is 5.75 Å². The molecule has 9 nitrogen and oxygen atoms in total. The van der Waals surface area contributed by atoms with Crippen LogP contribution in [0.4, 0.5) is 4.79 Å². The van der Waals surface area contributed by atoms with Crippen LogP contribution in [0, 0.1) is 5.92 Å². The molecule has 30 heavy (non-hydrogen) atoms. The molecule has 0 saturated carbocycles. The highest BCUT2D eigenvalue weighted by molar-refractivity contribution is 6.09. The van der Waals surface area contributed by atoms with Gasteiger partial charge in [0.2, 0.25) is 5.91 Å². The standard InChI is InChI=1S/C21H29N3O6/c1-6-21(14-7-9-15(29-4)10-8-14)19(27)24(20(28)23-21)12-17(25)22-16(11-13(2)3)18(26)30-5/h7-10,13,16H,6,11-12H2,1-5H3,(H,22,25)(H,23,28)/t16-,21-/m0/s1. The highest BCUT2D eigenvalue weighted by Gasteiger charge is 2.51. The van der Waals surface area contributed by atoms with E-state index in [-0.39, 0.29) is 5.92 Å². The van der Waals surface area contributed by atoms with Gasteiger partial charge >= 0.3 is 12.0 Å². The van der Waals surface area contributed by atoms with Crippen LogP contribution >= 0.6 is 0 Å². The molecule has 1 heterocycles. The first-order valence-electron chi connectivity index (χ1n) is 9.84. The number of imide groups is 1. The molecule has 4 amide bonds. The molecule has 2 atom stereocenters. The van der Waals surface area contributed by atoms with Crippen molar-refractivity contribution in [1.29, 1.82) is 0 Å². The monoisotopic (exact) mass is 419 g/mol. The molecule has 0 aliphatic carbocycles. The number of nitrogens with one attached hydrogen (secondary N) is 2. The van der Waals surface area contributed by atoms with Crippen molar-refractivity contribution in [3.63, 3.8) is 0 Å². The van der Waals surface area contributed by atoms with Crippen LogP contribution in [0.25, 0.3) is 0 Å². The van der Waals surface area contributed by atoms with Gasteiger partial charge in [0.1, 0.15) is 23.9 Å². The third kappa shape index (κ3) is 4.72. The molecule has 2 rings (SSSR count). The van der Waals surface area contributed by atoms with E-state index in [0.29, 0.717) is 24.2 Å². The van der Waals surface area contributed by atoms with Gasteiger partial charge in [0, 0.05) is 0 Å². The molecule has 0 radical (unpaired) electrons. The molecule has 1 aromatic carbocycles. The maximum absolute atomic E-state index is 13.2. The van der Waals surface area contributed by atoms with Gasteiger partial charge in [-0.25, -0.2) is 9.59 Å². The number of urea groups is 1. The van der Waals surface area contributed by atoms with Gasteiger partial charge in [-0.3, -0.25) is 14.5 Å². The van der Waals surface area contributed by atoms with Gasteiger partial charge in [0.05, 0.1) is 14.2 Å². The smallest absolute Gasteiger partial charge is 0.328 e. The zero-order chi connectivity index (χ0) is 22.5. The Hall–Kier alpha value is -3.10. The maximum atomic E-state index is 13.2. The van der Waals surface area contributed by atoms with Crippen LogP contribution in [0.1, 0.15) is 39.2 Å². The topological polar surface area (TPSA) is 114 Å². The minimum atomic E-state index is -1.26. The van der Waals surface area contributed by atoms with Crippen LogP contribution in [0.2, 0.25) is 0 Å². The van der Waals surface area contributed by atoms with Crippen molar-refractivity contribution in [3.05, 3.63) is 29.8 Å². The third-order valence-corrected chi connectivity index (χ3v) is 5.12. The summed E-state index contributed by atoms with van der Waals surface area (Å²) in [5.74, 6) is -0.952. The Kier molecular flexibility index (Phi) is 7.42. The molecule has 2 N–H and O–H groups in total. The van der Waals surface area contributed by atoms with Gasteiger partial charge in [0.25, 0.3) is 5.91 Å². The first-order valence-corrected chi connectivity index (χ1v) is 9.84. The Morgan fingerprint density at radius 2 is 1.80 bits per heavy atom. The first-order chi connectivity index (χ1) is 14.2. The molecule has 9 heteroatoms. The van der Waals surface area contributed by atoms with E-state index in [1.165, 1.54) is 14.2 Å². The summed E-state index contributed by atoms with van der Waals surface area (Å²) in [7, 11) is 2.78. The molecule has 1 saturated heterocycles. The van der Waals surface area contributed by atoms with Crippen LogP contribution in [0.3, 0.4) is 0 Å². The van der Waals surface area contributed by atoms with Crippen LogP contribution < -0.4 is 15.4 Å². The first kappa shape index (κ1) is 23.2. The SMILES string of the molecule is CC[C@@]1(c2ccc(OC)cc2)NC(=O)N(CC(=O)N[C@@H](CC(C)C)C(=O)OC)C1=O. The fraction of sp³-hybridized carbons (Fsp3) is 0.524. The molecular weight excluding hydrogens is 390 g/mol. The number of esters is 1. The molecule has 0 spiro atoms. The lowest BCUT2D eigenvalue weighted by atomic mass is 9.87. The van der Waals surface area contributed by atoms with Crippen LogP contribution in [-0.4, -0.2) is 55.5 Å². The fourth-order valence-corrected chi connectivity index (χ4v) is 3.50. The predicted octanol–water partition coefficient (Wildman–Crippen LogP) is 1.56. The molecule has 1 aliphatic rings. The van der Waals surface area contributed by atoms with Gasteiger partial charge in [0.15, 0.2) is 0 Å². The lowest BCUT2D eigenvalue weighted by Gasteiger charge is -2.26. The Morgan fingerprint density at radius 1 is 1.17 bits per heavy atom. The van der Waals surface area contributed by atoms with Crippen molar-refractivity contribution in [2.24, 2.45) is 5.92 Å². The van der Waals surface area contributed by atoms with E-state index >= 15 is 0 Å². The van der Waals surface area contributed by atoms with E-state index in [4.69, 9.17) is 9.47 Å². The molecule has 0 unspecified atom stereocenters. The number of ether oxygens (including phenoxy) is 2. The summed E-state index contributed by atoms with van der Waals surface area (Å²) in [6, 6.07) is 5.31. The number of benzene rings is 1. The number of carbonyl (C=O) groups is 4. The molecule has 1 aliphatic heterocycles. The third-order valence-electron chi connectivity index (χ3n) is 5.12. The largest absolute Gasteiger partial charge is 0.497 e. The second kappa shape index (κ2) is 9.60. The van der Waals surface area contributed by atoms with Crippen LogP contribution in [0.15, 0.2) is 24.3 Å². The summed E-state index contributed by atoms with van der Waals surface area (Å²) in [5, 5.41) is 5.28. The quantitative estimate of drug-likeness (QED) is 0.464. The molecular formula is C21H29N3O6. The van der Waals surface area contributed by atoms with E-state index in [9.17, 15) is 19.2 Å². The summed E-state index contributed by atoms with van der Waals surface area (Å²) in [4.78, 5) is 51.0.